The first-order valence-corrected chi connectivity index (χ1v) is 5.62. The third-order valence-corrected chi connectivity index (χ3v) is 2.92. The second-order valence-corrected chi connectivity index (χ2v) is 4.06. The van der Waals surface area contributed by atoms with E-state index in [0.717, 1.165) is 5.52 Å². The van der Waals surface area contributed by atoms with Crippen LogP contribution in [0.2, 0.25) is 0 Å². The van der Waals surface area contributed by atoms with Gasteiger partial charge < -0.3 is 4.40 Å². The van der Waals surface area contributed by atoms with Gasteiger partial charge in [-0.1, -0.05) is 6.07 Å². The lowest BCUT2D eigenvalue weighted by molar-refractivity contribution is 0.104. The quantitative estimate of drug-likeness (QED) is 0.629. The minimum Gasteiger partial charge on any atom is -0.323 e. The fourth-order valence-electron chi connectivity index (χ4n) is 2.00. The van der Waals surface area contributed by atoms with Gasteiger partial charge >= 0.3 is 0 Å². The minimum absolute atomic E-state index is 0.0938. The van der Waals surface area contributed by atoms with Gasteiger partial charge in [0.05, 0.1) is 5.52 Å². The number of ketones is 1. The smallest absolute Gasteiger partial charge is 0.195 e. The van der Waals surface area contributed by atoms with E-state index in [1.54, 1.807) is 6.07 Å². The number of rotatable bonds is 2. The van der Waals surface area contributed by atoms with Crippen LogP contribution in [0.15, 0.2) is 60.9 Å². The van der Waals surface area contributed by atoms with Gasteiger partial charge in [0.1, 0.15) is 5.82 Å². The molecule has 0 saturated heterocycles. The topological polar surface area (TPSA) is 21.5 Å². The summed E-state index contributed by atoms with van der Waals surface area (Å²) >= 11 is 0. The van der Waals surface area contributed by atoms with Gasteiger partial charge in [-0.15, -0.1) is 0 Å². The number of benzene rings is 1. The molecule has 3 aromatic rings. The predicted octanol–water partition coefficient (Wildman–Crippen LogP) is 3.31. The van der Waals surface area contributed by atoms with Gasteiger partial charge in [-0.2, -0.15) is 0 Å². The van der Waals surface area contributed by atoms with E-state index in [4.69, 9.17) is 0 Å². The molecule has 1 aromatic carbocycles. The first-order chi connectivity index (χ1) is 8.75. The Hall–Kier alpha value is -2.42. The Balaban J connectivity index is 2.09. The molecule has 0 N–H and O–H groups in total. The van der Waals surface area contributed by atoms with Gasteiger partial charge in [-0.25, -0.2) is 4.39 Å². The van der Waals surface area contributed by atoms with Crippen molar-refractivity contribution in [3.63, 3.8) is 0 Å². The van der Waals surface area contributed by atoms with Crippen LogP contribution < -0.4 is 0 Å². The highest BCUT2D eigenvalue weighted by Gasteiger charge is 2.13. The molecule has 0 spiro atoms. The Bertz CT molecular complexity index is 713. The number of aromatic nitrogens is 1. The van der Waals surface area contributed by atoms with Crippen molar-refractivity contribution in [2.45, 2.75) is 0 Å². The molecule has 0 unspecified atom stereocenters. The molecular formula is C15H10FNO. The van der Waals surface area contributed by atoms with Crippen molar-refractivity contribution in [2.75, 3.05) is 0 Å². The molecule has 3 heteroatoms. The van der Waals surface area contributed by atoms with E-state index in [2.05, 4.69) is 0 Å². The van der Waals surface area contributed by atoms with Crippen molar-refractivity contribution in [2.24, 2.45) is 0 Å². The lowest BCUT2D eigenvalue weighted by Gasteiger charge is -2.00. The first kappa shape index (κ1) is 10.7. The Labute approximate surface area is 103 Å². The zero-order chi connectivity index (χ0) is 12.5. The third kappa shape index (κ3) is 1.70. The largest absolute Gasteiger partial charge is 0.323 e. The standard InChI is InChI=1S/C15H10FNO/c16-12-6-4-11(5-7-12)15(18)13-8-10-17-9-2-1-3-14(13)17/h1-10H. The highest BCUT2D eigenvalue weighted by atomic mass is 19.1. The van der Waals surface area contributed by atoms with E-state index < -0.39 is 0 Å². The molecule has 2 aromatic heterocycles. The van der Waals surface area contributed by atoms with Crippen LogP contribution in [0.4, 0.5) is 4.39 Å². The summed E-state index contributed by atoms with van der Waals surface area (Å²) in [5, 5.41) is 0. The van der Waals surface area contributed by atoms with E-state index >= 15 is 0 Å². The van der Waals surface area contributed by atoms with E-state index in [1.807, 2.05) is 35.0 Å². The van der Waals surface area contributed by atoms with Crippen LogP contribution in [0.5, 0.6) is 0 Å². The summed E-state index contributed by atoms with van der Waals surface area (Å²) in [5.41, 5.74) is 1.97. The molecule has 0 fully saturated rings. The summed E-state index contributed by atoms with van der Waals surface area (Å²) in [6, 6.07) is 13.1. The molecule has 2 heterocycles. The summed E-state index contributed by atoms with van der Waals surface area (Å²) in [6.07, 6.45) is 3.73. The van der Waals surface area contributed by atoms with Crippen LogP contribution in [0.1, 0.15) is 15.9 Å². The number of hydrogen-bond donors (Lipinski definition) is 0. The van der Waals surface area contributed by atoms with Crippen LogP contribution in [0, 0.1) is 5.82 Å². The predicted molar refractivity (Wildman–Crippen MR) is 67.2 cm³/mol. The number of halogens is 1. The maximum atomic E-state index is 12.8. The molecular weight excluding hydrogens is 229 g/mol. The number of fused-ring (bicyclic) bond motifs is 1. The summed E-state index contributed by atoms with van der Waals surface area (Å²) in [7, 11) is 0. The van der Waals surface area contributed by atoms with Gasteiger partial charge in [0.2, 0.25) is 0 Å². The van der Waals surface area contributed by atoms with Gasteiger partial charge in [-0.3, -0.25) is 4.79 Å². The maximum Gasteiger partial charge on any atom is 0.195 e. The molecule has 88 valence electrons. The summed E-state index contributed by atoms with van der Waals surface area (Å²) in [6.45, 7) is 0. The van der Waals surface area contributed by atoms with Crippen LogP contribution in [0.25, 0.3) is 5.52 Å². The zero-order valence-electron chi connectivity index (χ0n) is 9.51. The molecule has 0 aliphatic heterocycles. The SMILES string of the molecule is O=C(c1ccc(F)cc1)c1ccn2ccccc12. The summed E-state index contributed by atoms with van der Waals surface area (Å²) in [5.74, 6) is -0.433. The highest BCUT2D eigenvalue weighted by Crippen LogP contribution is 2.17. The van der Waals surface area contributed by atoms with E-state index in [0.29, 0.717) is 11.1 Å². The van der Waals surface area contributed by atoms with Gasteiger partial charge in [-0.05, 0) is 42.5 Å². The molecule has 0 bridgehead atoms. The van der Waals surface area contributed by atoms with Gasteiger partial charge in [0, 0.05) is 23.5 Å². The van der Waals surface area contributed by atoms with Crippen molar-refractivity contribution < 1.29 is 9.18 Å². The molecule has 0 amide bonds. The van der Waals surface area contributed by atoms with Crippen molar-refractivity contribution in [3.8, 4) is 0 Å². The Morgan fingerprint density at radius 1 is 0.944 bits per heavy atom. The van der Waals surface area contributed by atoms with Crippen LogP contribution in [-0.4, -0.2) is 10.2 Å². The fraction of sp³-hybridized carbons (Fsp3) is 0. The van der Waals surface area contributed by atoms with E-state index in [1.165, 1.54) is 24.3 Å². The van der Waals surface area contributed by atoms with E-state index in [-0.39, 0.29) is 11.6 Å². The number of nitrogens with zero attached hydrogens (tertiary/aromatic N) is 1. The first-order valence-electron chi connectivity index (χ1n) is 5.62. The normalized spacial score (nSPS) is 10.7. The maximum absolute atomic E-state index is 12.8. The van der Waals surface area contributed by atoms with Gasteiger partial charge in [0.15, 0.2) is 5.78 Å². The molecule has 0 saturated carbocycles. The van der Waals surface area contributed by atoms with Gasteiger partial charge in [0.25, 0.3) is 0 Å². The van der Waals surface area contributed by atoms with Crippen LogP contribution in [-0.2, 0) is 0 Å². The Morgan fingerprint density at radius 3 is 2.50 bits per heavy atom. The number of hydrogen-bond acceptors (Lipinski definition) is 1. The number of pyridine rings is 1. The monoisotopic (exact) mass is 239 g/mol. The second kappa shape index (κ2) is 4.11. The molecule has 3 rings (SSSR count). The minimum atomic E-state index is -0.340. The van der Waals surface area contributed by atoms with Crippen molar-refractivity contribution in [3.05, 3.63) is 77.9 Å². The third-order valence-electron chi connectivity index (χ3n) is 2.92. The summed E-state index contributed by atoms with van der Waals surface area (Å²) < 4.78 is 14.7. The average molecular weight is 239 g/mol. The number of carbonyl (C=O) groups is 1. The fourth-order valence-corrected chi connectivity index (χ4v) is 2.00. The lowest BCUT2D eigenvalue weighted by Crippen LogP contribution is -2.00. The summed E-state index contributed by atoms with van der Waals surface area (Å²) in [4.78, 5) is 12.3. The van der Waals surface area contributed by atoms with Crippen molar-refractivity contribution >= 4 is 11.3 Å². The average Bonchev–Trinajstić information content (AvgIpc) is 2.82. The second-order valence-electron chi connectivity index (χ2n) is 4.06. The Morgan fingerprint density at radius 2 is 1.72 bits per heavy atom. The molecule has 0 aliphatic rings. The van der Waals surface area contributed by atoms with E-state index in [9.17, 15) is 9.18 Å². The highest BCUT2D eigenvalue weighted by molar-refractivity contribution is 6.13. The van der Waals surface area contributed by atoms with Crippen molar-refractivity contribution in [1.29, 1.82) is 0 Å². The van der Waals surface area contributed by atoms with Crippen molar-refractivity contribution in [1.82, 2.24) is 4.40 Å². The lowest BCUT2D eigenvalue weighted by atomic mass is 10.0. The molecule has 0 radical (unpaired) electrons. The number of carbonyl (C=O) groups excluding carboxylic acids is 1. The molecule has 0 atom stereocenters. The molecule has 18 heavy (non-hydrogen) atoms. The zero-order valence-corrected chi connectivity index (χ0v) is 9.51. The van der Waals surface area contributed by atoms with Crippen LogP contribution in [0.3, 0.4) is 0 Å². The molecule has 2 nitrogen and oxygen atoms in total. The molecule has 0 aliphatic carbocycles. The Kier molecular flexibility index (Phi) is 2.45. The van der Waals surface area contributed by atoms with Crippen LogP contribution >= 0.6 is 0 Å².